The second-order valence-corrected chi connectivity index (χ2v) is 7.57. The summed E-state index contributed by atoms with van der Waals surface area (Å²) < 4.78 is 5.43. The van der Waals surface area contributed by atoms with Gasteiger partial charge in [0.1, 0.15) is 11.5 Å². The van der Waals surface area contributed by atoms with Crippen molar-refractivity contribution >= 4 is 29.1 Å². The second kappa shape index (κ2) is 9.28. The van der Waals surface area contributed by atoms with Gasteiger partial charge in [0.05, 0.1) is 23.2 Å². The van der Waals surface area contributed by atoms with E-state index in [2.05, 4.69) is 4.98 Å². The van der Waals surface area contributed by atoms with Crippen molar-refractivity contribution in [3.8, 4) is 5.75 Å². The van der Waals surface area contributed by atoms with E-state index in [0.717, 1.165) is 0 Å². The average Bonchev–Trinajstić information content (AvgIpc) is 2.98. The Hall–Kier alpha value is -2.90. The number of nitrogens with zero attached hydrogens (tertiary/aromatic N) is 3. The molecule has 0 unspecified atom stereocenters. The van der Waals surface area contributed by atoms with Gasteiger partial charge in [0.25, 0.3) is 11.7 Å². The Morgan fingerprint density at radius 1 is 1.30 bits per heavy atom. The number of likely N-dealkylation sites (N-methyl/N-ethyl adjacent to an activating group) is 1. The Morgan fingerprint density at radius 2 is 2.07 bits per heavy atom. The molecule has 0 spiro atoms. The number of likely N-dealkylation sites (tertiary alicyclic amines) is 1. The number of ether oxygens (including phenoxy) is 1. The van der Waals surface area contributed by atoms with Crippen LogP contribution in [0.25, 0.3) is 5.76 Å². The molecule has 0 bridgehead atoms. The normalized spacial score (nSPS) is 18.3. The summed E-state index contributed by atoms with van der Waals surface area (Å²) in [6.45, 7) is 3.19. The van der Waals surface area contributed by atoms with Gasteiger partial charge in [0, 0.05) is 31.0 Å². The van der Waals surface area contributed by atoms with Crippen LogP contribution in [0.1, 0.15) is 24.1 Å². The standard InChI is InChI=1S/C22H24ClN3O4/c1-4-30-17-8-7-14(12-16(17)23)20(27)18-19(15-6-5-9-24-13-15)26(11-10-25(2)3)22(29)21(18)28/h5-9,12-13,19,27H,4,10-11H2,1-3H3/t19-/m0/s1. The molecule has 8 heteroatoms. The molecule has 0 aliphatic carbocycles. The lowest BCUT2D eigenvalue weighted by molar-refractivity contribution is -0.140. The van der Waals surface area contributed by atoms with Crippen molar-refractivity contribution in [2.45, 2.75) is 13.0 Å². The van der Waals surface area contributed by atoms with E-state index >= 15 is 0 Å². The fourth-order valence-electron chi connectivity index (χ4n) is 3.38. The van der Waals surface area contributed by atoms with E-state index in [0.29, 0.717) is 41.6 Å². The van der Waals surface area contributed by atoms with Gasteiger partial charge in [-0.05, 0) is 50.8 Å². The third-order valence-electron chi connectivity index (χ3n) is 4.83. The first kappa shape index (κ1) is 21.8. The molecule has 2 heterocycles. The molecule has 0 radical (unpaired) electrons. The number of aliphatic hydroxyl groups is 1. The molecule has 1 aliphatic heterocycles. The molecular weight excluding hydrogens is 406 g/mol. The zero-order chi connectivity index (χ0) is 21.8. The number of pyridine rings is 1. The van der Waals surface area contributed by atoms with Crippen molar-refractivity contribution in [3.63, 3.8) is 0 Å². The third kappa shape index (κ3) is 4.32. The summed E-state index contributed by atoms with van der Waals surface area (Å²) >= 11 is 6.25. The van der Waals surface area contributed by atoms with Crippen molar-refractivity contribution in [1.82, 2.24) is 14.8 Å². The number of benzene rings is 1. The van der Waals surface area contributed by atoms with E-state index in [9.17, 15) is 14.7 Å². The van der Waals surface area contributed by atoms with Crippen molar-refractivity contribution in [1.29, 1.82) is 0 Å². The number of rotatable bonds is 7. The number of halogens is 1. The fraction of sp³-hybridized carbons (Fsp3) is 0.318. The Kier molecular flexibility index (Phi) is 6.74. The molecule has 1 aromatic heterocycles. The molecular formula is C22H24ClN3O4. The van der Waals surface area contributed by atoms with Crippen molar-refractivity contribution in [2.75, 3.05) is 33.8 Å². The SMILES string of the molecule is CCOc1ccc(C(O)=C2C(=O)C(=O)N(CCN(C)C)[C@H]2c2cccnc2)cc1Cl. The highest BCUT2D eigenvalue weighted by Gasteiger charge is 2.46. The average molecular weight is 430 g/mol. The summed E-state index contributed by atoms with van der Waals surface area (Å²) in [6, 6.07) is 7.54. The maximum Gasteiger partial charge on any atom is 0.295 e. The first-order valence-corrected chi connectivity index (χ1v) is 9.98. The van der Waals surface area contributed by atoms with Crippen molar-refractivity contribution < 1.29 is 19.4 Å². The Morgan fingerprint density at radius 3 is 2.67 bits per heavy atom. The number of Topliss-reactive ketones (excluding diaryl/α,β-unsaturated/α-hetero) is 1. The van der Waals surface area contributed by atoms with Gasteiger partial charge in [-0.1, -0.05) is 17.7 Å². The molecule has 3 rings (SSSR count). The summed E-state index contributed by atoms with van der Waals surface area (Å²) in [5.41, 5.74) is 1.00. The summed E-state index contributed by atoms with van der Waals surface area (Å²) in [6.07, 6.45) is 3.21. The van der Waals surface area contributed by atoms with E-state index in [1.807, 2.05) is 25.9 Å². The summed E-state index contributed by atoms with van der Waals surface area (Å²) in [5, 5.41) is 11.3. The number of hydrogen-bond donors (Lipinski definition) is 1. The smallest absolute Gasteiger partial charge is 0.295 e. The Bertz CT molecular complexity index is 976. The number of carbonyl (C=O) groups excluding carboxylic acids is 2. The molecule has 1 fully saturated rings. The molecule has 30 heavy (non-hydrogen) atoms. The highest BCUT2D eigenvalue weighted by molar-refractivity contribution is 6.46. The summed E-state index contributed by atoms with van der Waals surface area (Å²) in [5.74, 6) is -1.18. The Labute approximate surface area is 180 Å². The van der Waals surface area contributed by atoms with Gasteiger partial charge in [-0.25, -0.2) is 0 Å². The van der Waals surface area contributed by atoms with Crippen molar-refractivity contribution in [3.05, 3.63) is 64.4 Å². The van der Waals surface area contributed by atoms with E-state index in [4.69, 9.17) is 16.3 Å². The van der Waals surface area contributed by atoms with Crippen LogP contribution in [0.15, 0.2) is 48.3 Å². The van der Waals surface area contributed by atoms with Crippen LogP contribution in [0.2, 0.25) is 5.02 Å². The van der Waals surface area contributed by atoms with E-state index < -0.39 is 17.7 Å². The van der Waals surface area contributed by atoms with E-state index in [1.54, 1.807) is 36.7 Å². The predicted octanol–water partition coefficient (Wildman–Crippen LogP) is 3.12. The number of hydrogen-bond acceptors (Lipinski definition) is 6. The lowest BCUT2D eigenvalue weighted by atomic mass is 9.96. The van der Waals surface area contributed by atoms with Gasteiger partial charge >= 0.3 is 0 Å². The van der Waals surface area contributed by atoms with Crippen LogP contribution < -0.4 is 4.74 Å². The lowest BCUT2D eigenvalue weighted by Gasteiger charge is -2.26. The minimum absolute atomic E-state index is 0.0204. The van der Waals surface area contributed by atoms with Crippen molar-refractivity contribution in [2.24, 2.45) is 0 Å². The van der Waals surface area contributed by atoms with Crippen LogP contribution in [0.4, 0.5) is 0 Å². The molecule has 158 valence electrons. The first-order chi connectivity index (χ1) is 14.3. The monoisotopic (exact) mass is 429 g/mol. The molecule has 0 saturated carbocycles. The largest absolute Gasteiger partial charge is 0.507 e. The third-order valence-corrected chi connectivity index (χ3v) is 5.13. The van der Waals surface area contributed by atoms with Crippen LogP contribution in [-0.2, 0) is 9.59 Å². The number of ketones is 1. The zero-order valence-electron chi connectivity index (χ0n) is 17.1. The molecule has 2 aromatic rings. The number of aliphatic hydroxyl groups excluding tert-OH is 1. The van der Waals surface area contributed by atoms with E-state index in [-0.39, 0.29) is 11.3 Å². The van der Waals surface area contributed by atoms with Gasteiger partial charge in [-0.15, -0.1) is 0 Å². The second-order valence-electron chi connectivity index (χ2n) is 7.16. The molecule has 1 aliphatic rings. The minimum Gasteiger partial charge on any atom is -0.507 e. The lowest BCUT2D eigenvalue weighted by Crippen LogP contribution is -2.35. The Balaban J connectivity index is 2.10. The summed E-state index contributed by atoms with van der Waals surface area (Å²) in [4.78, 5) is 33.2. The quantitative estimate of drug-likeness (QED) is 0.413. The van der Waals surface area contributed by atoms with Crippen LogP contribution in [-0.4, -0.2) is 65.4 Å². The number of aromatic nitrogens is 1. The van der Waals surface area contributed by atoms with Gasteiger partial charge in [0.15, 0.2) is 0 Å². The van der Waals surface area contributed by atoms with Gasteiger partial charge in [0.2, 0.25) is 0 Å². The molecule has 7 nitrogen and oxygen atoms in total. The first-order valence-electron chi connectivity index (χ1n) is 9.61. The number of amides is 1. The molecule has 1 amide bonds. The van der Waals surface area contributed by atoms with Gasteiger partial charge in [-0.2, -0.15) is 0 Å². The van der Waals surface area contributed by atoms with Gasteiger partial charge in [-0.3, -0.25) is 14.6 Å². The predicted molar refractivity (Wildman–Crippen MR) is 114 cm³/mol. The van der Waals surface area contributed by atoms with Crippen LogP contribution in [0, 0.1) is 0 Å². The maximum atomic E-state index is 12.9. The molecule has 1 atom stereocenters. The molecule has 1 aromatic carbocycles. The summed E-state index contributed by atoms with van der Waals surface area (Å²) in [7, 11) is 3.77. The maximum absolute atomic E-state index is 12.9. The topological polar surface area (TPSA) is 83.0 Å². The highest BCUT2D eigenvalue weighted by Crippen LogP contribution is 2.39. The fourth-order valence-corrected chi connectivity index (χ4v) is 3.61. The van der Waals surface area contributed by atoms with Crippen LogP contribution >= 0.6 is 11.6 Å². The minimum atomic E-state index is -0.732. The van der Waals surface area contributed by atoms with Crippen LogP contribution in [0.5, 0.6) is 5.75 Å². The van der Waals surface area contributed by atoms with Crippen LogP contribution in [0.3, 0.4) is 0 Å². The van der Waals surface area contributed by atoms with E-state index in [1.165, 1.54) is 11.0 Å². The zero-order valence-corrected chi connectivity index (χ0v) is 17.9. The molecule has 1 N–H and O–H groups in total. The number of carbonyl (C=O) groups is 2. The molecule has 1 saturated heterocycles. The van der Waals surface area contributed by atoms with Gasteiger partial charge < -0.3 is 19.6 Å². The highest BCUT2D eigenvalue weighted by atomic mass is 35.5.